The number of amides is 1. The molecule has 20 heavy (non-hydrogen) atoms. The Hall–Kier alpha value is -1.48. The lowest BCUT2D eigenvalue weighted by Crippen LogP contribution is -2.39. The van der Waals surface area contributed by atoms with E-state index >= 15 is 0 Å². The summed E-state index contributed by atoms with van der Waals surface area (Å²) in [5, 5.41) is 15.1. The van der Waals surface area contributed by atoms with Gasteiger partial charge in [0.05, 0.1) is 5.75 Å². The zero-order valence-electron chi connectivity index (χ0n) is 10.9. The van der Waals surface area contributed by atoms with Gasteiger partial charge in [-0.1, -0.05) is 11.6 Å². The maximum absolute atomic E-state index is 12.0. The Balaban J connectivity index is 2.10. The van der Waals surface area contributed by atoms with Crippen LogP contribution in [0.4, 0.5) is 5.13 Å². The third-order valence-electron chi connectivity index (χ3n) is 3.13. The molecule has 1 saturated heterocycles. The van der Waals surface area contributed by atoms with Crippen molar-refractivity contribution in [1.82, 2.24) is 4.98 Å². The van der Waals surface area contributed by atoms with Gasteiger partial charge in [-0.25, -0.2) is 13.4 Å². The second-order valence-corrected chi connectivity index (χ2v) is 7.73. The first-order chi connectivity index (χ1) is 9.44. The third-order valence-corrected chi connectivity index (χ3v) is 6.06. The van der Waals surface area contributed by atoms with Crippen molar-refractivity contribution in [1.29, 1.82) is 0 Å². The van der Waals surface area contributed by atoms with Gasteiger partial charge in [0.15, 0.2) is 15.0 Å². The molecular formula is C11H15N3O4S2. The molecule has 1 aromatic heterocycles. The van der Waals surface area contributed by atoms with Gasteiger partial charge in [-0.3, -0.25) is 4.79 Å². The molecule has 0 saturated carbocycles. The smallest absolute Gasteiger partial charge is 0.244 e. The number of oxime groups is 1. The first-order valence-corrected chi connectivity index (χ1v) is 8.70. The second-order valence-electron chi connectivity index (χ2n) is 4.56. The van der Waals surface area contributed by atoms with E-state index in [1.54, 1.807) is 12.3 Å². The van der Waals surface area contributed by atoms with E-state index in [1.165, 1.54) is 0 Å². The number of hydrogen-bond acceptors (Lipinski definition) is 7. The molecule has 1 aromatic rings. The summed E-state index contributed by atoms with van der Waals surface area (Å²) < 4.78 is 23.7. The minimum atomic E-state index is -3.36. The van der Waals surface area contributed by atoms with Crippen LogP contribution in [0.5, 0.6) is 0 Å². The van der Waals surface area contributed by atoms with Crippen LogP contribution in [0.25, 0.3) is 0 Å². The fraction of sp³-hybridized carbons (Fsp3) is 0.545. The summed E-state index contributed by atoms with van der Waals surface area (Å²) in [4.78, 5) is 16.1. The SMILES string of the molecule is CC(=NO)c1csc(NC(=O)C2CCCCS2(=O)=O)n1. The number of anilines is 1. The molecule has 0 aliphatic carbocycles. The van der Waals surface area contributed by atoms with Crippen molar-refractivity contribution < 1.29 is 18.4 Å². The van der Waals surface area contributed by atoms with Gasteiger partial charge in [-0.15, -0.1) is 11.3 Å². The summed E-state index contributed by atoms with van der Waals surface area (Å²) in [6, 6.07) is 0. The molecule has 2 N–H and O–H groups in total. The molecule has 0 spiro atoms. The molecule has 9 heteroatoms. The van der Waals surface area contributed by atoms with Gasteiger partial charge in [0, 0.05) is 5.38 Å². The Morgan fingerprint density at radius 2 is 2.30 bits per heavy atom. The quantitative estimate of drug-likeness (QED) is 0.495. The Labute approximate surface area is 120 Å². The van der Waals surface area contributed by atoms with Crippen LogP contribution in [-0.2, 0) is 14.6 Å². The van der Waals surface area contributed by atoms with E-state index in [4.69, 9.17) is 5.21 Å². The van der Waals surface area contributed by atoms with Crippen LogP contribution >= 0.6 is 11.3 Å². The van der Waals surface area contributed by atoms with Crippen LogP contribution in [0.2, 0.25) is 0 Å². The maximum atomic E-state index is 12.0. The molecule has 2 heterocycles. The number of thiazole rings is 1. The monoisotopic (exact) mass is 317 g/mol. The van der Waals surface area contributed by atoms with Crippen LogP contribution in [0, 0.1) is 0 Å². The van der Waals surface area contributed by atoms with Gasteiger partial charge in [0.2, 0.25) is 5.91 Å². The lowest BCUT2D eigenvalue weighted by molar-refractivity contribution is -0.116. The summed E-state index contributed by atoms with van der Waals surface area (Å²) in [5.41, 5.74) is 0.770. The second kappa shape index (κ2) is 5.88. The highest BCUT2D eigenvalue weighted by Gasteiger charge is 2.35. The molecule has 1 aliphatic heterocycles. The van der Waals surface area contributed by atoms with Crippen LogP contribution in [0.1, 0.15) is 31.9 Å². The van der Waals surface area contributed by atoms with E-state index in [1.807, 2.05) is 0 Å². The molecule has 1 atom stereocenters. The van der Waals surface area contributed by atoms with Gasteiger partial charge >= 0.3 is 0 Å². The number of nitrogens with zero attached hydrogens (tertiary/aromatic N) is 2. The first kappa shape index (κ1) is 14.9. The van der Waals surface area contributed by atoms with E-state index in [0.717, 1.165) is 17.8 Å². The Morgan fingerprint density at radius 1 is 1.55 bits per heavy atom. The summed E-state index contributed by atoms with van der Waals surface area (Å²) in [7, 11) is -3.36. The van der Waals surface area contributed by atoms with Crippen molar-refractivity contribution in [2.75, 3.05) is 11.1 Å². The minimum absolute atomic E-state index is 0.0600. The average molecular weight is 317 g/mol. The van der Waals surface area contributed by atoms with Gasteiger partial charge < -0.3 is 10.5 Å². The van der Waals surface area contributed by atoms with Crippen molar-refractivity contribution in [3.8, 4) is 0 Å². The normalized spacial score (nSPS) is 22.4. The van der Waals surface area contributed by atoms with Crippen LogP contribution in [0.3, 0.4) is 0 Å². The standard InChI is InChI=1S/C11H15N3O4S2/c1-7(14-16)8-6-19-11(12-8)13-10(15)9-4-2-3-5-20(9,17)18/h6,9,16H,2-5H2,1H3,(H,12,13,15). The molecular weight excluding hydrogens is 302 g/mol. The van der Waals surface area contributed by atoms with Crippen molar-refractivity contribution in [3.05, 3.63) is 11.1 Å². The lowest BCUT2D eigenvalue weighted by Gasteiger charge is -2.20. The highest BCUT2D eigenvalue weighted by atomic mass is 32.2. The summed E-state index contributed by atoms with van der Waals surface area (Å²) in [5.74, 6) is -0.478. The molecule has 110 valence electrons. The van der Waals surface area contributed by atoms with Gasteiger partial charge in [-0.2, -0.15) is 0 Å². The van der Waals surface area contributed by atoms with Crippen LogP contribution in [0.15, 0.2) is 10.5 Å². The van der Waals surface area contributed by atoms with Crippen LogP contribution in [-0.4, -0.2) is 41.2 Å². The molecule has 0 bridgehead atoms. The number of carbonyl (C=O) groups excluding carboxylic acids is 1. The maximum Gasteiger partial charge on any atom is 0.244 e. The average Bonchev–Trinajstić information content (AvgIpc) is 2.85. The zero-order chi connectivity index (χ0) is 14.8. The Kier molecular flexibility index (Phi) is 4.39. The molecule has 1 fully saturated rings. The number of nitrogens with one attached hydrogen (secondary N) is 1. The predicted octanol–water partition coefficient (Wildman–Crippen LogP) is 1.25. The van der Waals surface area contributed by atoms with Crippen molar-refractivity contribution >= 4 is 37.9 Å². The van der Waals surface area contributed by atoms with E-state index in [9.17, 15) is 13.2 Å². The first-order valence-electron chi connectivity index (χ1n) is 6.11. The van der Waals surface area contributed by atoms with Crippen molar-refractivity contribution in [3.63, 3.8) is 0 Å². The van der Waals surface area contributed by atoms with Gasteiger partial charge in [-0.05, 0) is 19.8 Å². The molecule has 2 rings (SSSR count). The number of carbonyl (C=O) groups is 1. The van der Waals surface area contributed by atoms with E-state index in [0.29, 0.717) is 29.4 Å². The lowest BCUT2D eigenvalue weighted by atomic mass is 10.2. The summed E-state index contributed by atoms with van der Waals surface area (Å²) >= 11 is 1.16. The van der Waals surface area contributed by atoms with Gasteiger partial charge in [0.25, 0.3) is 0 Å². The molecule has 1 unspecified atom stereocenters. The fourth-order valence-corrected chi connectivity index (χ4v) is 4.54. The zero-order valence-corrected chi connectivity index (χ0v) is 12.5. The Bertz CT molecular complexity index is 636. The van der Waals surface area contributed by atoms with E-state index in [2.05, 4.69) is 15.5 Å². The molecule has 0 aromatic carbocycles. The highest BCUT2D eigenvalue weighted by Crippen LogP contribution is 2.22. The predicted molar refractivity (Wildman–Crippen MR) is 76.2 cm³/mol. The summed E-state index contributed by atoms with van der Waals surface area (Å²) in [6.45, 7) is 1.58. The topological polar surface area (TPSA) is 109 Å². The number of aromatic nitrogens is 1. The molecule has 1 aliphatic rings. The molecule has 7 nitrogen and oxygen atoms in total. The van der Waals surface area contributed by atoms with Crippen LogP contribution < -0.4 is 5.32 Å². The molecule has 0 radical (unpaired) electrons. The summed E-state index contributed by atoms with van der Waals surface area (Å²) in [6.07, 6.45) is 1.69. The Morgan fingerprint density at radius 3 is 2.95 bits per heavy atom. The van der Waals surface area contributed by atoms with E-state index < -0.39 is 21.0 Å². The highest BCUT2D eigenvalue weighted by molar-refractivity contribution is 7.92. The fourth-order valence-electron chi connectivity index (χ4n) is 1.98. The van der Waals surface area contributed by atoms with E-state index in [-0.39, 0.29) is 5.75 Å². The number of sulfone groups is 1. The third kappa shape index (κ3) is 3.15. The van der Waals surface area contributed by atoms with Crippen molar-refractivity contribution in [2.45, 2.75) is 31.4 Å². The largest absolute Gasteiger partial charge is 0.411 e. The number of rotatable bonds is 3. The molecule has 1 amide bonds. The van der Waals surface area contributed by atoms with Gasteiger partial charge in [0.1, 0.15) is 16.7 Å². The number of hydrogen-bond donors (Lipinski definition) is 2. The minimum Gasteiger partial charge on any atom is -0.411 e. The van der Waals surface area contributed by atoms with Crippen molar-refractivity contribution in [2.24, 2.45) is 5.16 Å².